The SMILES string of the molecule is COC(=O)C1NNC(Br)C1Br. The van der Waals surface area contributed by atoms with Crippen molar-refractivity contribution in [3.05, 3.63) is 0 Å². The lowest BCUT2D eigenvalue weighted by atomic mass is 10.2. The van der Waals surface area contributed by atoms with Gasteiger partial charge in [0.25, 0.3) is 0 Å². The summed E-state index contributed by atoms with van der Waals surface area (Å²) in [6.07, 6.45) is 0. The molecule has 3 atom stereocenters. The topological polar surface area (TPSA) is 50.4 Å². The molecule has 0 saturated carbocycles. The molecular weight excluding hydrogens is 280 g/mol. The van der Waals surface area contributed by atoms with Crippen LogP contribution in [0.4, 0.5) is 0 Å². The highest BCUT2D eigenvalue weighted by atomic mass is 79.9. The van der Waals surface area contributed by atoms with Crippen molar-refractivity contribution in [2.75, 3.05) is 7.11 Å². The standard InChI is InChI=1S/C5H8Br2N2O2/c1-11-5(10)3-2(6)4(7)9-8-3/h2-4,8-9H,1H3. The summed E-state index contributed by atoms with van der Waals surface area (Å²) < 4.78 is 4.56. The zero-order chi connectivity index (χ0) is 8.43. The molecule has 1 fully saturated rings. The maximum Gasteiger partial charge on any atom is 0.325 e. The highest BCUT2D eigenvalue weighted by molar-refractivity contribution is 9.12. The lowest BCUT2D eigenvalue weighted by Gasteiger charge is -2.10. The van der Waals surface area contributed by atoms with Crippen LogP contribution in [0.25, 0.3) is 0 Å². The lowest BCUT2D eigenvalue weighted by molar-refractivity contribution is -0.142. The molecule has 0 aromatic carbocycles. The summed E-state index contributed by atoms with van der Waals surface area (Å²) in [6.45, 7) is 0. The minimum atomic E-state index is -0.329. The third-order valence-electron chi connectivity index (χ3n) is 1.43. The fourth-order valence-corrected chi connectivity index (χ4v) is 1.73. The maximum absolute atomic E-state index is 11.0. The van der Waals surface area contributed by atoms with E-state index in [1.807, 2.05) is 0 Å². The van der Waals surface area contributed by atoms with Crippen LogP contribution >= 0.6 is 31.9 Å². The molecule has 2 N–H and O–H groups in total. The Morgan fingerprint density at radius 1 is 1.45 bits per heavy atom. The van der Waals surface area contributed by atoms with E-state index < -0.39 is 0 Å². The minimum absolute atomic E-state index is 0.00921. The normalized spacial score (nSPS) is 37.2. The van der Waals surface area contributed by atoms with Gasteiger partial charge in [0.05, 0.1) is 16.9 Å². The quantitative estimate of drug-likeness (QED) is 0.409. The lowest BCUT2D eigenvalue weighted by Crippen LogP contribution is -2.39. The summed E-state index contributed by atoms with van der Waals surface area (Å²) in [6, 6.07) is -0.329. The van der Waals surface area contributed by atoms with Crippen molar-refractivity contribution >= 4 is 37.8 Å². The van der Waals surface area contributed by atoms with Crippen LogP contribution in [0.1, 0.15) is 0 Å². The first kappa shape index (κ1) is 9.44. The van der Waals surface area contributed by atoms with E-state index in [1.165, 1.54) is 7.11 Å². The number of carbonyl (C=O) groups excluding carboxylic acids is 1. The van der Waals surface area contributed by atoms with Gasteiger partial charge in [-0.05, 0) is 0 Å². The van der Waals surface area contributed by atoms with Crippen LogP contribution in [0.15, 0.2) is 0 Å². The van der Waals surface area contributed by atoms with E-state index in [1.54, 1.807) is 0 Å². The Hall–Kier alpha value is 0.350. The minimum Gasteiger partial charge on any atom is -0.468 e. The van der Waals surface area contributed by atoms with E-state index in [-0.39, 0.29) is 21.8 Å². The molecular formula is C5H8Br2N2O2. The van der Waals surface area contributed by atoms with Gasteiger partial charge in [-0.2, -0.15) is 0 Å². The number of nitrogens with one attached hydrogen (secondary N) is 2. The van der Waals surface area contributed by atoms with Crippen molar-refractivity contribution in [1.82, 2.24) is 10.9 Å². The number of alkyl halides is 2. The molecule has 0 aliphatic carbocycles. The number of ether oxygens (including phenoxy) is 1. The van der Waals surface area contributed by atoms with Gasteiger partial charge >= 0.3 is 5.97 Å². The number of esters is 1. The average Bonchev–Trinajstić information content (AvgIpc) is 2.32. The molecule has 1 aliphatic heterocycles. The number of carbonyl (C=O) groups is 1. The summed E-state index contributed by atoms with van der Waals surface area (Å²) in [5.41, 5.74) is 5.64. The van der Waals surface area contributed by atoms with Crippen LogP contribution < -0.4 is 10.9 Å². The Balaban J connectivity index is 2.54. The van der Waals surface area contributed by atoms with Gasteiger partial charge in [0.1, 0.15) is 6.04 Å². The van der Waals surface area contributed by atoms with Crippen LogP contribution in [0.5, 0.6) is 0 Å². The van der Waals surface area contributed by atoms with Crippen LogP contribution in [-0.4, -0.2) is 28.9 Å². The molecule has 1 heterocycles. The Labute approximate surface area is 81.3 Å². The van der Waals surface area contributed by atoms with Gasteiger partial charge in [0.2, 0.25) is 0 Å². The van der Waals surface area contributed by atoms with Gasteiger partial charge < -0.3 is 4.74 Å². The summed E-state index contributed by atoms with van der Waals surface area (Å²) in [7, 11) is 1.37. The van der Waals surface area contributed by atoms with E-state index in [4.69, 9.17) is 0 Å². The van der Waals surface area contributed by atoms with Crippen molar-refractivity contribution in [2.45, 2.75) is 15.8 Å². The van der Waals surface area contributed by atoms with E-state index in [0.29, 0.717) is 0 Å². The second-order valence-corrected chi connectivity index (χ2v) is 4.18. The number of hydrogen-bond acceptors (Lipinski definition) is 4. The van der Waals surface area contributed by atoms with E-state index in [2.05, 4.69) is 47.4 Å². The van der Waals surface area contributed by atoms with Crippen LogP contribution in [0.3, 0.4) is 0 Å². The van der Waals surface area contributed by atoms with Crippen molar-refractivity contribution in [1.29, 1.82) is 0 Å². The summed E-state index contributed by atoms with van der Waals surface area (Å²) in [4.78, 5) is 11.1. The predicted molar refractivity (Wildman–Crippen MR) is 47.5 cm³/mol. The number of hydrogen-bond donors (Lipinski definition) is 2. The molecule has 3 unspecified atom stereocenters. The Morgan fingerprint density at radius 3 is 2.45 bits per heavy atom. The Kier molecular flexibility index (Phi) is 3.29. The molecule has 1 aliphatic rings. The summed E-state index contributed by atoms with van der Waals surface area (Å²) in [5, 5.41) is 0. The average molecular weight is 288 g/mol. The smallest absolute Gasteiger partial charge is 0.325 e. The van der Waals surface area contributed by atoms with Gasteiger partial charge in [-0.25, -0.2) is 10.9 Å². The van der Waals surface area contributed by atoms with Crippen molar-refractivity contribution in [2.24, 2.45) is 0 Å². The second kappa shape index (κ2) is 3.84. The zero-order valence-electron chi connectivity index (χ0n) is 5.80. The fraction of sp³-hybridized carbons (Fsp3) is 0.800. The molecule has 1 saturated heterocycles. The van der Waals surface area contributed by atoms with Gasteiger partial charge in [0, 0.05) is 0 Å². The molecule has 0 radical (unpaired) electrons. The first-order valence-corrected chi connectivity index (χ1v) is 4.87. The van der Waals surface area contributed by atoms with Gasteiger partial charge in [-0.15, -0.1) is 0 Å². The van der Waals surface area contributed by atoms with Gasteiger partial charge in [-0.3, -0.25) is 4.79 Å². The number of rotatable bonds is 1. The molecule has 0 bridgehead atoms. The molecule has 0 amide bonds. The molecule has 64 valence electrons. The van der Waals surface area contributed by atoms with E-state index >= 15 is 0 Å². The maximum atomic E-state index is 11.0. The molecule has 0 spiro atoms. The second-order valence-electron chi connectivity index (χ2n) is 2.14. The molecule has 4 nitrogen and oxygen atoms in total. The molecule has 0 aromatic rings. The van der Waals surface area contributed by atoms with Crippen LogP contribution in [0, 0.1) is 0 Å². The Bertz CT molecular complexity index is 167. The molecule has 0 aromatic heterocycles. The van der Waals surface area contributed by atoms with Gasteiger partial charge in [0.15, 0.2) is 0 Å². The first-order chi connectivity index (χ1) is 5.16. The van der Waals surface area contributed by atoms with Crippen molar-refractivity contribution in [3.63, 3.8) is 0 Å². The predicted octanol–water partition coefficient (Wildman–Crippen LogP) is 0.120. The summed E-state index contributed by atoms with van der Waals surface area (Å²) >= 11 is 6.65. The third kappa shape index (κ3) is 1.93. The zero-order valence-corrected chi connectivity index (χ0v) is 8.98. The van der Waals surface area contributed by atoms with Crippen molar-refractivity contribution in [3.8, 4) is 0 Å². The Morgan fingerprint density at radius 2 is 2.09 bits per heavy atom. The number of halogens is 2. The molecule has 11 heavy (non-hydrogen) atoms. The van der Waals surface area contributed by atoms with E-state index in [0.717, 1.165) is 0 Å². The van der Waals surface area contributed by atoms with Crippen LogP contribution in [-0.2, 0) is 9.53 Å². The number of hydrazine groups is 1. The highest BCUT2D eigenvalue weighted by Gasteiger charge is 2.37. The molecule has 6 heteroatoms. The van der Waals surface area contributed by atoms with Crippen molar-refractivity contribution < 1.29 is 9.53 Å². The monoisotopic (exact) mass is 286 g/mol. The highest BCUT2D eigenvalue weighted by Crippen LogP contribution is 2.20. The first-order valence-electron chi connectivity index (χ1n) is 3.04. The van der Waals surface area contributed by atoms with Crippen LogP contribution in [0.2, 0.25) is 0 Å². The fourth-order valence-electron chi connectivity index (χ4n) is 0.813. The number of methoxy groups -OCH3 is 1. The summed E-state index contributed by atoms with van der Waals surface area (Å²) in [5.74, 6) is -0.277. The van der Waals surface area contributed by atoms with Gasteiger partial charge in [-0.1, -0.05) is 31.9 Å². The molecule has 1 rings (SSSR count). The third-order valence-corrected chi connectivity index (χ3v) is 4.00. The van der Waals surface area contributed by atoms with E-state index in [9.17, 15) is 4.79 Å². The largest absolute Gasteiger partial charge is 0.468 e.